The second-order valence-electron chi connectivity index (χ2n) is 5.23. The highest BCUT2D eigenvalue weighted by atomic mass is 16.1. The van der Waals surface area contributed by atoms with E-state index in [0.717, 1.165) is 40.8 Å². The third-order valence-corrected chi connectivity index (χ3v) is 4.03. The number of rotatable bonds is 2. The van der Waals surface area contributed by atoms with Crippen molar-refractivity contribution in [2.45, 2.75) is 19.3 Å². The Hall–Kier alpha value is -2.60. The fourth-order valence-corrected chi connectivity index (χ4v) is 2.96. The van der Waals surface area contributed by atoms with Crippen LogP contribution in [-0.2, 0) is 6.42 Å². The molecule has 0 amide bonds. The molecule has 0 atom stereocenters. The summed E-state index contributed by atoms with van der Waals surface area (Å²) in [7, 11) is 1.81. The Labute approximate surface area is 124 Å². The van der Waals surface area contributed by atoms with Crippen molar-refractivity contribution >= 4 is 11.5 Å². The van der Waals surface area contributed by atoms with Crippen LogP contribution in [0.25, 0.3) is 11.1 Å². The van der Waals surface area contributed by atoms with Gasteiger partial charge in [0.25, 0.3) is 0 Å². The molecular formula is C18H16N2O. The third kappa shape index (κ3) is 2.30. The van der Waals surface area contributed by atoms with Crippen LogP contribution in [0.15, 0.2) is 36.4 Å². The number of anilines is 1. The van der Waals surface area contributed by atoms with Crippen LogP contribution in [0.4, 0.5) is 5.69 Å². The number of carbonyl (C=O) groups excluding carboxylic acids is 1. The minimum absolute atomic E-state index is 0.237. The van der Waals surface area contributed by atoms with Gasteiger partial charge in [-0.15, -0.1) is 0 Å². The van der Waals surface area contributed by atoms with E-state index in [4.69, 9.17) is 5.26 Å². The summed E-state index contributed by atoms with van der Waals surface area (Å²) in [5, 5.41) is 12.2. The van der Waals surface area contributed by atoms with Crippen molar-refractivity contribution < 1.29 is 4.79 Å². The molecule has 0 bridgehead atoms. The molecule has 2 aromatic rings. The summed E-state index contributed by atoms with van der Waals surface area (Å²) >= 11 is 0. The molecule has 0 unspecified atom stereocenters. The standard InChI is InChI=1S/C18H16N2O/c1-20-17-10-12(8-9-13(17)11-19)14-4-2-6-16-15(14)5-3-7-18(16)21/h2,4,6,8-10,20H,3,5,7H2,1H3. The third-order valence-electron chi connectivity index (χ3n) is 4.03. The predicted molar refractivity (Wildman–Crippen MR) is 83.4 cm³/mol. The number of carbonyl (C=O) groups is 1. The van der Waals surface area contributed by atoms with Crippen molar-refractivity contribution in [1.82, 2.24) is 0 Å². The highest BCUT2D eigenvalue weighted by Gasteiger charge is 2.20. The van der Waals surface area contributed by atoms with Gasteiger partial charge in [-0.05, 0) is 41.7 Å². The first-order valence-electron chi connectivity index (χ1n) is 7.12. The number of nitriles is 1. The largest absolute Gasteiger partial charge is 0.387 e. The number of hydrogen-bond acceptors (Lipinski definition) is 3. The average Bonchev–Trinajstić information content (AvgIpc) is 2.54. The highest BCUT2D eigenvalue weighted by molar-refractivity contribution is 6.00. The van der Waals surface area contributed by atoms with Crippen LogP contribution in [0.3, 0.4) is 0 Å². The lowest BCUT2D eigenvalue weighted by Crippen LogP contribution is -2.11. The number of nitrogens with one attached hydrogen (secondary N) is 1. The van der Waals surface area contributed by atoms with Crippen molar-refractivity contribution in [2.75, 3.05) is 12.4 Å². The molecule has 0 heterocycles. The first kappa shape index (κ1) is 13.4. The van der Waals surface area contributed by atoms with E-state index >= 15 is 0 Å². The van der Waals surface area contributed by atoms with Crippen LogP contribution in [-0.4, -0.2) is 12.8 Å². The Kier molecular flexibility index (Phi) is 3.45. The molecule has 0 fully saturated rings. The molecule has 3 heteroatoms. The molecule has 3 nitrogen and oxygen atoms in total. The Morgan fingerprint density at radius 1 is 1.14 bits per heavy atom. The van der Waals surface area contributed by atoms with Crippen LogP contribution in [0, 0.1) is 11.3 Å². The monoisotopic (exact) mass is 276 g/mol. The van der Waals surface area contributed by atoms with Gasteiger partial charge in [0.2, 0.25) is 0 Å². The minimum atomic E-state index is 0.237. The summed E-state index contributed by atoms with van der Waals surface area (Å²) in [5.74, 6) is 0.237. The molecule has 0 aromatic heterocycles. The summed E-state index contributed by atoms with van der Waals surface area (Å²) in [6, 6.07) is 13.8. The number of fused-ring (bicyclic) bond motifs is 1. The van der Waals surface area contributed by atoms with E-state index in [0.29, 0.717) is 12.0 Å². The molecule has 104 valence electrons. The van der Waals surface area contributed by atoms with Crippen LogP contribution in [0.2, 0.25) is 0 Å². The number of ketones is 1. The highest BCUT2D eigenvalue weighted by Crippen LogP contribution is 2.33. The number of nitrogens with zero attached hydrogens (tertiary/aromatic N) is 1. The lowest BCUT2D eigenvalue weighted by atomic mass is 9.85. The zero-order chi connectivity index (χ0) is 14.8. The molecule has 3 rings (SSSR count). The fourth-order valence-electron chi connectivity index (χ4n) is 2.96. The van der Waals surface area contributed by atoms with Crippen molar-refractivity contribution in [3.05, 3.63) is 53.1 Å². The number of benzene rings is 2. The van der Waals surface area contributed by atoms with Gasteiger partial charge in [-0.25, -0.2) is 0 Å². The zero-order valence-electron chi connectivity index (χ0n) is 11.9. The zero-order valence-corrected chi connectivity index (χ0v) is 11.9. The van der Waals surface area contributed by atoms with Gasteiger partial charge >= 0.3 is 0 Å². The van der Waals surface area contributed by atoms with E-state index in [-0.39, 0.29) is 5.78 Å². The Morgan fingerprint density at radius 2 is 1.95 bits per heavy atom. The minimum Gasteiger partial charge on any atom is -0.387 e. The van der Waals surface area contributed by atoms with E-state index in [1.54, 1.807) is 0 Å². The van der Waals surface area contributed by atoms with E-state index in [1.165, 1.54) is 0 Å². The first-order chi connectivity index (χ1) is 10.2. The van der Waals surface area contributed by atoms with Crippen LogP contribution in [0.5, 0.6) is 0 Å². The predicted octanol–water partition coefficient (Wildman–Crippen LogP) is 3.79. The van der Waals surface area contributed by atoms with E-state index in [2.05, 4.69) is 17.5 Å². The molecule has 1 aliphatic rings. The van der Waals surface area contributed by atoms with E-state index in [1.807, 2.05) is 37.4 Å². The molecule has 1 N–H and O–H groups in total. The molecule has 0 saturated heterocycles. The molecule has 0 aliphatic heterocycles. The summed E-state index contributed by atoms with van der Waals surface area (Å²) in [4.78, 5) is 12.0. The van der Waals surface area contributed by atoms with E-state index in [9.17, 15) is 4.79 Å². The van der Waals surface area contributed by atoms with Crippen LogP contribution >= 0.6 is 0 Å². The summed E-state index contributed by atoms with van der Waals surface area (Å²) in [5.41, 5.74) is 5.58. The summed E-state index contributed by atoms with van der Waals surface area (Å²) < 4.78 is 0. The molecule has 0 radical (unpaired) electrons. The maximum absolute atomic E-state index is 12.0. The Bertz CT molecular complexity index is 756. The van der Waals surface area contributed by atoms with Gasteiger partial charge < -0.3 is 5.32 Å². The summed E-state index contributed by atoms with van der Waals surface area (Å²) in [6.07, 6.45) is 2.50. The quantitative estimate of drug-likeness (QED) is 0.908. The fraction of sp³-hybridized carbons (Fsp3) is 0.222. The van der Waals surface area contributed by atoms with Crippen molar-refractivity contribution in [2.24, 2.45) is 0 Å². The average molecular weight is 276 g/mol. The lowest BCUT2D eigenvalue weighted by Gasteiger charge is -2.19. The van der Waals surface area contributed by atoms with Crippen molar-refractivity contribution in [1.29, 1.82) is 5.26 Å². The van der Waals surface area contributed by atoms with Gasteiger partial charge in [0.05, 0.1) is 11.3 Å². The smallest absolute Gasteiger partial charge is 0.163 e. The Balaban J connectivity index is 2.16. The first-order valence-corrected chi connectivity index (χ1v) is 7.12. The maximum Gasteiger partial charge on any atom is 0.163 e. The van der Waals surface area contributed by atoms with Crippen LogP contribution in [0.1, 0.15) is 34.3 Å². The van der Waals surface area contributed by atoms with Crippen molar-refractivity contribution in [3.63, 3.8) is 0 Å². The summed E-state index contributed by atoms with van der Waals surface area (Å²) in [6.45, 7) is 0. The Morgan fingerprint density at radius 3 is 2.71 bits per heavy atom. The topological polar surface area (TPSA) is 52.9 Å². The van der Waals surface area contributed by atoms with Gasteiger partial charge in [-0.3, -0.25) is 4.79 Å². The second kappa shape index (κ2) is 5.41. The normalized spacial score (nSPS) is 13.4. The van der Waals surface area contributed by atoms with Gasteiger partial charge in [0.15, 0.2) is 5.78 Å². The molecule has 0 saturated carbocycles. The SMILES string of the molecule is CNc1cc(-c2cccc3c2CCCC3=O)ccc1C#N. The molecule has 1 aliphatic carbocycles. The van der Waals surface area contributed by atoms with Gasteiger partial charge in [-0.2, -0.15) is 5.26 Å². The lowest BCUT2D eigenvalue weighted by molar-refractivity contribution is 0.0972. The maximum atomic E-state index is 12.0. The van der Waals surface area contributed by atoms with Gasteiger partial charge in [-0.1, -0.05) is 24.3 Å². The van der Waals surface area contributed by atoms with Crippen molar-refractivity contribution in [3.8, 4) is 17.2 Å². The number of hydrogen-bond donors (Lipinski definition) is 1. The van der Waals surface area contributed by atoms with Crippen LogP contribution < -0.4 is 5.32 Å². The molecule has 2 aromatic carbocycles. The van der Waals surface area contributed by atoms with Gasteiger partial charge in [0.1, 0.15) is 6.07 Å². The number of Topliss-reactive ketones (excluding diaryl/α,β-unsaturated/α-hetero) is 1. The molecule has 21 heavy (non-hydrogen) atoms. The van der Waals surface area contributed by atoms with E-state index < -0.39 is 0 Å². The van der Waals surface area contributed by atoms with Gasteiger partial charge in [0, 0.05) is 19.0 Å². The second-order valence-corrected chi connectivity index (χ2v) is 5.23. The molecule has 0 spiro atoms. The molecular weight excluding hydrogens is 260 g/mol.